The van der Waals surface area contributed by atoms with Crippen LogP contribution in [-0.4, -0.2) is 96.9 Å². The molecule has 7 N–H and O–H groups in total. The molecule has 0 bridgehead atoms. The number of carbonyl (C=O) groups is 2. The molecular weight excluding hydrogens is 948 g/mol. The van der Waals surface area contributed by atoms with Crippen LogP contribution in [0.5, 0.6) is 0 Å². The normalized spacial score (nSPS) is 20.6. The number of rotatable bonds is 40. The Labute approximate surface area is 414 Å². The molecule has 21 heteroatoms. The number of phosphoric ester groups is 2. The molecule has 3 unspecified atom stereocenters. The Bertz CT molecular complexity index is 1890. The highest BCUT2D eigenvalue weighted by molar-refractivity contribution is 7.61. The summed E-state index contributed by atoms with van der Waals surface area (Å²) < 4.78 is 56.7. The topological polar surface area (TPSA) is 286 Å². The zero-order valence-electron chi connectivity index (χ0n) is 41.6. The van der Waals surface area contributed by atoms with E-state index in [0.29, 0.717) is 25.7 Å². The summed E-state index contributed by atoms with van der Waals surface area (Å²) in [7, 11) is -10.9. The Morgan fingerprint density at radius 2 is 1.30 bits per heavy atom. The van der Waals surface area contributed by atoms with Gasteiger partial charge in [0.2, 0.25) is 0 Å². The molecule has 1 saturated heterocycles. The summed E-state index contributed by atoms with van der Waals surface area (Å²) in [6.45, 7) is 3.96. The number of nitrogens with zero attached hydrogens (tertiary/aromatic N) is 2. The quantitative estimate of drug-likeness (QED) is 0.0155. The van der Waals surface area contributed by atoms with Gasteiger partial charge in [0.25, 0.3) is 0 Å². The van der Waals surface area contributed by atoms with Crippen LogP contribution in [0.2, 0.25) is 0 Å². The van der Waals surface area contributed by atoms with E-state index in [1.54, 1.807) is 6.92 Å². The molecule has 19 nitrogen and oxygen atoms in total. The summed E-state index contributed by atoms with van der Waals surface area (Å²) in [6.07, 6.45) is 29.1. The Kier molecular flexibility index (Phi) is 32.8. The molecule has 2 rings (SSSR count). The lowest BCUT2D eigenvalue weighted by Gasteiger charge is -2.21. The van der Waals surface area contributed by atoms with Crippen molar-refractivity contribution in [3.8, 4) is 0 Å². The number of nitrogen functional groups attached to an aromatic ring is 1. The molecular formula is C49H83N3O16P2. The van der Waals surface area contributed by atoms with Crippen molar-refractivity contribution in [3.05, 3.63) is 71.4 Å². The van der Waals surface area contributed by atoms with E-state index in [1.807, 2.05) is 18.2 Å². The van der Waals surface area contributed by atoms with Crippen LogP contribution in [0.1, 0.15) is 168 Å². The Morgan fingerprint density at radius 1 is 0.757 bits per heavy atom. The molecule has 0 saturated carbocycles. The molecule has 1 aromatic heterocycles. The minimum absolute atomic E-state index is 0.0379. The van der Waals surface area contributed by atoms with Gasteiger partial charge in [-0.15, -0.1) is 0 Å². The van der Waals surface area contributed by atoms with E-state index in [0.717, 1.165) is 74.5 Å². The molecule has 1 fully saturated rings. The van der Waals surface area contributed by atoms with E-state index in [-0.39, 0.29) is 24.8 Å². The van der Waals surface area contributed by atoms with Crippen molar-refractivity contribution < 1.29 is 71.4 Å². The van der Waals surface area contributed by atoms with Gasteiger partial charge in [-0.1, -0.05) is 133 Å². The smallest absolute Gasteiger partial charge is 0.462 e. The van der Waals surface area contributed by atoms with Crippen LogP contribution in [0, 0.1) is 5.92 Å². The van der Waals surface area contributed by atoms with Crippen molar-refractivity contribution in [2.75, 3.05) is 25.6 Å². The Balaban J connectivity index is 1.83. The number of aromatic nitrogens is 2. The van der Waals surface area contributed by atoms with Crippen molar-refractivity contribution in [1.29, 1.82) is 0 Å². The Morgan fingerprint density at radius 3 is 1.89 bits per heavy atom. The lowest BCUT2D eigenvalue weighted by Crippen LogP contribution is -2.36. The number of aliphatic hydroxyl groups is 3. The number of nitrogens with two attached hydrogens (primary N) is 1. The molecule has 1 aliphatic heterocycles. The lowest BCUT2D eigenvalue weighted by atomic mass is 9.99. The summed E-state index contributed by atoms with van der Waals surface area (Å²) in [6, 6.07) is 1.24. The number of hydrogen-bond donors (Lipinski definition) is 6. The second-order valence-electron chi connectivity index (χ2n) is 17.8. The number of anilines is 1. The van der Waals surface area contributed by atoms with Crippen LogP contribution in [0.15, 0.2) is 65.7 Å². The highest BCUT2D eigenvalue weighted by atomic mass is 31.3. The summed E-state index contributed by atoms with van der Waals surface area (Å²) in [5.41, 5.74) is 4.58. The summed E-state index contributed by atoms with van der Waals surface area (Å²) in [5, 5.41) is 30.2. The number of aliphatic hydroxyl groups excluding tert-OH is 3. The monoisotopic (exact) mass is 1030 g/mol. The van der Waals surface area contributed by atoms with Gasteiger partial charge in [-0.25, -0.2) is 13.9 Å². The molecule has 0 radical (unpaired) electrons. The molecule has 1 aromatic rings. The first-order chi connectivity index (χ1) is 33.4. The number of hydrogen-bond acceptors (Lipinski definition) is 16. The van der Waals surface area contributed by atoms with Crippen LogP contribution in [0.4, 0.5) is 5.82 Å². The first-order valence-electron chi connectivity index (χ1n) is 25.1. The minimum atomic E-state index is -5.44. The molecule has 0 aliphatic carbocycles. The number of allylic oxidation sites excluding steroid dienone is 8. The third kappa shape index (κ3) is 29.9. The van der Waals surface area contributed by atoms with Gasteiger partial charge in [-0.3, -0.25) is 23.2 Å². The van der Waals surface area contributed by atoms with E-state index < -0.39 is 83.7 Å². The van der Waals surface area contributed by atoms with Gasteiger partial charge in [-0.05, 0) is 76.7 Å². The average molecular weight is 1030 g/mol. The predicted molar refractivity (Wildman–Crippen MR) is 267 cm³/mol. The summed E-state index contributed by atoms with van der Waals surface area (Å²) in [4.78, 5) is 61.8. The summed E-state index contributed by atoms with van der Waals surface area (Å²) >= 11 is 0. The van der Waals surface area contributed by atoms with Crippen molar-refractivity contribution in [2.24, 2.45) is 5.92 Å². The molecule has 2 heterocycles. The van der Waals surface area contributed by atoms with Crippen molar-refractivity contribution >= 4 is 33.4 Å². The van der Waals surface area contributed by atoms with E-state index in [9.17, 15) is 48.6 Å². The molecule has 70 heavy (non-hydrogen) atoms. The second-order valence-corrected chi connectivity index (χ2v) is 20.9. The van der Waals surface area contributed by atoms with E-state index >= 15 is 0 Å². The van der Waals surface area contributed by atoms with Gasteiger partial charge in [0.15, 0.2) is 12.3 Å². The average Bonchev–Trinajstić information content (AvgIpc) is 3.58. The number of unbranched alkanes of at least 4 members (excludes halogenated alkanes) is 11. The molecule has 0 aromatic carbocycles. The van der Waals surface area contributed by atoms with Crippen LogP contribution >= 0.6 is 15.6 Å². The number of carbonyl (C=O) groups excluding carboxylic acids is 2. The van der Waals surface area contributed by atoms with Crippen molar-refractivity contribution in [3.63, 3.8) is 0 Å². The van der Waals surface area contributed by atoms with E-state index in [1.165, 1.54) is 51.0 Å². The van der Waals surface area contributed by atoms with Gasteiger partial charge in [0.05, 0.1) is 19.3 Å². The number of ether oxygens (including phenoxy) is 3. The fraction of sp³-hybridized carbons (Fsp3) is 0.714. The van der Waals surface area contributed by atoms with E-state index in [4.69, 9.17) is 29.0 Å². The maximum absolute atomic E-state index is 12.8. The number of phosphoric acid groups is 2. The van der Waals surface area contributed by atoms with Crippen molar-refractivity contribution in [1.82, 2.24) is 9.55 Å². The maximum Gasteiger partial charge on any atom is 0.481 e. The van der Waals surface area contributed by atoms with Gasteiger partial charge in [0.1, 0.15) is 30.7 Å². The molecule has 0 spiro atoms. The minimum Gasteiger partial charge on any atom is -0.462 e. The standard InChI is InChI=1S/C49H83N3O16P2/c1-4-39(2)30-26-22-18-14-12-13-16-20-24-28-32-44(54)63-36-41(66-45(55)33-29-25-21-17-11-9-7-5-6-8-10-15-19-23-27-31-40(3)53)37-64-69(59,60)68-70(61,62)65-38-42-46(56)47(57)48(67-42)52-35-34-43(50)51-49(52)58/h6-9,15,17,19,21,34-35,39-42,46-48,53,56-57H,4-5,10-14,16,18,20,22-33,36-38H2,1-3H3,(H,59,60)(H,61,62)(H2,50,51,58)/b8-6-,9-7-,19-15-,21-17-/t39?,40-,41+,42+,46+,47+,48+/m0/s1. The maximum atomic E-state index is 12.8. The predicted octanol–water partition coefficient (Wildman–Crippen LogP) is 8.99. The zero-order chi connectivity index (χ0) is 51.6. The third-order valence-corrected chi connectivity index (χ3v) is 14.1. The third-order valence-electron chi connectivity index (χ3n) is 11.5. The summed E-state index contributed by atoms with van der Waals surface area (Å²) in [5.74, 6) is -0.584. The van der Waals surface area contributed by atoms with Gasteiger partial charge < -0.3 is 45.1 Å². The molecule has 0 amide bonds. The van der Waals surface area contributed by atoms with Gasteiger partial charge in [-0.2, -0.15) is 9.29 Å². The SMILES string of the molecule is CCC(C)CCCCCCCCCCCCC(=O)OC[C@H](COP(=O)(O)OP(=O)(O)OC[C@H]1O[C@@H](n2ccc(N)nc2=O)[C@H](O)[C@@H]1O)OC(=O)CCC/C=C\C/C=C\C/C=C\C/C=C\CCC[C@H](C)O. The highest BCUT2D eigenvalue weighted by Crippen LogP contribution is 2.60. The van der Waals surface area contributed by atoms with Crippen LogP contribution < -0.4 is 11.4 Å². The first-order valence-corrected chi connectivity index (χ1v) is 28.1. The van der Waals surface area contributed by atoms with Crippen molar-refractivity contribution in [2.45, 2.75) is 199 Å². The zero-order valence-corrected chi connectivity index (χ0v) is 43.4. The van der Waals surface area contributed by atoms with Gasteiger partial charge in [0, 0.05) is 19.0 Å². The Hall–Kier alpha value is -3.32. The first kappa shape index (κ1) is 62.8. The fourth-order valence-corrected chi connectivity index (χ4v) is 9.29. The van der Waals surface area contributed by atoms with Crippen LogP contribution in [-0.2, 0) is 46.3 Å². The number of esters is 2. The van der Waals surface area contributed by atoms with E-state index in [2.05, 4.69) is 53.5 Å². The molecule has 1 aliphatic rings. The fourth-order valence-electron chi connectivity index (χ4n) is 7.18. The van der Waals surface area contributed by atoms with Crippen LogP contribution in [0.25, 0.3) is 0 Å². The molecule has 9 atom stereocenters. The molecule has 400 valence electrons. The lowest BCUT2D eigenvalue weighted by molar-refractivity contribution is -0.161. The van der Waals surface area contributed by atoms with Crippen LogP contribution in [0.3, 0.4) is 0 Å². The highest BCUT2D eigenvalue weighted by Gasteiger charge is 2.46. The second kappa shape index (κ2) is 36.6. The largest absolute Gasteiger partial charge is 0.481 e. The van der Waals surface area contributed by atoms with Gasteiger partial charge >= 0.3 is 33.3 Å².